The van der Waals surface area contributed by atoms with Crippen LogP contribution in [0.2, 0.25) is 0 Å². The summed E-state index contributed by atoms with van der Waals surface area (Å²) < 4.78 is 5.44. The molecule has 1 saturated carbocycles. The summed E-state index contributed by atoms with van der Waals surface area (Å²) in [5.41, 5.74) is 3.00. The number of pyridine rings is 2. The Morgan fingerprint density at radius 2 is 1.97 bits per heavy atom. The molecule has 2 N–H and O–H groups in total. The number of aliphatic hydroxyl groups is 1. The van der Waals surface area contributed by atoms with Crippen LogP contribution >= 0.6 is 0 Å². The number of ether oxygens (including phenoxy) is 1. The lowest BCUT2D eigenvalue weighted by Crippen LogP contribution is -2.35. The van der Waals surface area contributed by atoms with Gasteiger partial charge in [0.15, 0.2) is 0 Å². The first kappa shape index (κ1) is 21.8. The highest BCUT2D eigenvalue weighted by molar-refractivity contribution is 6.07. The van der Waals surface area contributed by atoms with Crippen LogP contribution in [-0.4, -0.2) is 64.8 Å². The minimum Gasteiger partial charge on any atom is -0.478 e. The highest BCUT2D eigenvalue weighted by atomic mass is 16.5. The minimum atomic E-state index is -0.0501. The number of nitrogens with one attached hydrogen (secondary N) is 1. The molecule has 2 aliphatic rings. The van der Waals surface area contributed by atoms with Crippen molar-refractivity contribution in [3.8, 4) is 17.1 Å². The van der Waals surface area contributed by atoms with E-state index in [0.29, 0.717) is 29.9 Å². The second kappa shape index (κ2) is 9.45. The van der Waals surface area contributed by atoms with E-state index < -0.39 is 0 Å². The zero-order valence-corrected chi connectivity index (χ0v) is 18.9. The van der Waals surface area contributed by atoms with E-state index >= 15 is 0 Å². The smallest absolute Gasteiger partial charge is 0.252 e. The van der Waals surface area contributed by atoms with Gasteiger partial charge in [-0.25, -0.2) is 9.97 Å². The monoisotopic (exact) mass is 446 g/mol. The topological polar surface area (TPSA) is 87.6 Å². The van der Waals surface area contributed by atoms with Gasteiger partial charge < -0.3 is 20.1 Å². The molecule has 2 aromatic heterocycles. The Kier molecular flexibility index (Phi) is 6.24. The molecule has 1 aliphatic carbocycles. The van der Waals surface area contributed by atoms with E-state index in [0.717, 1.165) is 54.6 Å². The van der Waals surface area contributed by atoms with Crippen LogP contribution in [0.3, 0.4) is 0 Å². The van der Waals surface area contributed by atoms with Crippen molar-refractivity contribution in [2.45, 2.75) is 25.8 Å². The number of benzene rings is 1. The van der Waals surface area contributed by atoms with E-state index in [9.17, 15) is 9.90 Å². The number of rotatable bonds is 7. The zero-order chi connectivity index (χ0) is 22.8. The summed E-state index contributed by atoms with van der Waals surface area (Å²) in [4.78, 5) is 24.9. The van der Waals surface area contributed by atoms with Gasteiger partial charge in [0.2, 0.25) is 5.88 Å². The molecule has 0 radical (unpaired) electrons. The predicted octanol–water partition coefficient (Wildman–Crippen LogP) is 3.13. The lowest BCUT2D eigenvalue weighted by Gasteiger charge is -2.19. The first-order chi connectivity index (χ1) is 16.1. The third-order valence-electron chi connectivity index (χ3n) is 6.86. The van der Waals surface area contributed by atoms with Gasteiger partial charge in [-0.15, -0.1) is 0 Å². The minimum absolute atomic E-state index is 0.0501. The van der Waals surface area contributed by atoms with Gasteiger partial charge >= 0.3 is 0 Å². The maximum Gasteiger partial charge on any atom is 0.252 e. The molecular weight excluding hydrogens is 416 g/mol. The molecule has 7 nitrogen and oxygen atoms in total. The second-order valence-corrected chi connectivity index (χ2v) is 9.04. The lowest BCUT2D eigenvalue weighted by atomic mass is 10.0. The Hall–Kier alpha value is -3.03. The Labute approximate surface area is 193 Å². The number of carbonyl (C=O) groups is 1. The maximum atomic E-state index is 13.4. The summed E-state index contributed by atoms with van der Waals surface area (Å²) in [6.07, 6.45) is 3.73. The van der Waals surface area contributed by atoms with Crippen LogP contribution in [0.1, 0.15) is 30.1 Å². The van der Waals surface area contributed by atoms with Crippen molar-refractivity contribution in [3.05, 3.63) is 54.2 Å². The van der Waals surface area contributed by atoms with Crippen LogP contribution < -0.4 is 10.1 Å². The Morgan fingerprint density at radius 1 is 1.18 bits per heavy atom. The fourth-order valence-electron chi connectivity index (χ4n) is 5.38. The van der Waals surface area contributed by atoms with Crippen LogP contribution in [0.15, 0.2) is 48.7 Å². The van der Waals surface area contributed by atoms with Crippen molar-refractivity contribution in [2.75, 3.05) is 32.8 Å². The van der Waals surface area contributed by atoms with Gasteiger partial charge in [0.05, 0.1) is 30.0 Å². The number of β-amino-alcohol motifs (C(OH)–C–C–N with tert-alkyl or cyclic N) is 1. The van der Waals surface area contributed by atoms with Crippen molar-refractivity contribution < 1.29 is 14.6 Å². The van der Waals surface area contributed by atoms with Crippen LogP contribution in [0.5, 0.6) is 5.88 Å². The first-order valence-electron chi connectivity index (χ1n) is 11.8. The highest BCUT2D eigenvalue weighted by Crippen LogP contribution is 2.38. The molecule has 5 rings (SSSR count). The summed E-state index contributed by atoms with van der Waals surface area (Å²) >= 11 is 0. The van der Waals surface area contributed by atoms with Crippen LogP contribution in [0.25, 0.3) is 22.2 Å². The first-order valence-corrected chi connectivity index (χ1v) is 11.8. The largest absolute Gasteiger partial charge is 0.478 e. The fourth-order valence-corrected chi connectivity index (χ4v) is 5.38. The predicted molar refractivity (Wildman–Crippen MR) is 127 cm³/mol. The van der Waals surface area contributed by atoms with Gasteiger partial charge in [-0.3, -0.25) is 4.79 Å². The van der Waals surface area contributed by atoms with Gasteiger partial charge in [0.1, 0.15) is 0 Å². The third kappa shape index (κ3) is 4.56. The van der Waals surface area contributed by atoms with E-state index in [-0.39, 0.29) is 18.6 Å². The number of aliphatic hydroxyl groups excluding tert-OH is 1. The number of nitrogens with zero attached hydrogens (tertiary/aromatic N) is 3. The number of amides is 1. The van der Waals surface area contributed by atoms with E-state index in [2.05, 4.69) is 15.2 Å². The number of para-hydroxylation sites is 1. The third-order valence-corrected chi connectivity index (χ3v) is 6.86. The van der Waals surface area contributed by atoms with Gasteiger partial charge in [-0.1, -0.05) is 18.2 Å². The molecule has 0 spiro atoms. The van der Waals surface area contributed by atoms with E-state index in [1.165, 1.54) is 0 Å². The molecule has 2 fully saturated rings. The fraction of sp³-hybridized carbons (Fsp3) is 0.423. The molecule has 1 aliphatic heterocycles. The van der Waals surface area contributed by atoms with Crippen molar-refractivity contribution in [1.82, 2.24) is 20.2 Å². The molecular formula is C26H30N4O3. The molecule has 1 aromatic carbocycles. The van der Waals surface area contributed by atoms with Crippen LogP contribution in [0, 0.1) is 11.8 Å². The van der Waals surface area contributed by atoms with Crippen molar-refractivity contribution in [1.29, 1.82) is 0 Å². The molecule has 172 valence electrons. The van der Waals surface area contributed by atoms with E-state index in [1.54, 1.807) is 6.20 Å². The SMILES string of the molecule is CCOc1ccc(-c2cc(C(=O)NC3C[C@@H]4CN(CCO)C[C@@H]4C3)c3ccccc3n2)cn1. The molecule has 3 heterocycles. The zero-order valence-electron chi connectivity index (χ0n) is 18.9. The second-order valence-electron chi connectivity index (χ2n) is 9.04. The lowest BCUT2D eigenvalue weighted by molar-refractivity contribution is 0.0936. The normalized spacial score (nSPS) is 22.4. The van der Waals surface area contributed by atoms with Crippen LogP contribution in [-0.2, 0) is 0 Å². The average Bonchev–Trinajstić information content (AvgIpc) is 3.37. The summed E-state index contributed by atoms with van der Waals surface area (Å²) in [6, 6.07) is 13.6. The number of carbonyl (C=O) groups excluding carboxylic acids is 1. The Bertz CT molecular complexity index is 1120. The number of aromatic nitrogens is 2. The molecule has 3 aromatic rings. The molecule has 1 saturated heterocycles. The molecule has 0 bridgehead atoms. The summed E-state index contributed by atoms with van der Waals surface area (Å²) in [5.74, 6) is 1.72. The van der Waals surface area contributed by atoms with Crippen LogP contribution in [0.4, 0.5) is 0 Å². The number of fused-ring (bicyclic) bond motifs is 2. The Morgan fingerprint density at radius 3 is 2.67 bits per heavy atom. The highest BCUT2D eigenvalue weighted by Gasteiger charge is 2.41. The van der Waals surface area contributed by atoms with Crippen molar-refractivity contribution in [3.63, 3.8) is 0 Å². The summed E-state index contributed by atoms with van der Waals surface area (Å²) in [6.45, 7) is 5.48. The standard InChI is InChI=1S/C26H30N4O3/c1-2-33-25-8-7-17(14-27-25)24-13-22(21-5-3-4-6-23(21)29-24)26(32)28-20-11-18-15-30(9-10-31)16-19(18)12-20/h3-8,13-14,18-20,31H,2,9-12,15-16H2,1H3,(H,28,32)/t18-,19+,20?. The average molecular weight is 447 g/mol. The van der Waals surface area contributed by atoms with E-state index in [4.69, 9.17) is 9.72 Å². The van der Waals surface area contributed by atoms with Gasteiger partial charge in [-0.05, 0) is 49.8 Å². The van der Waals surface area contributed by atoms with E-state index in [1.807, 2.05) is 49.4 Å². The van der Waals surface area contributed by atoms with Gasteiger partial charge in [-0.2, -0.15) is 0 Å². The molecule has 7 heteroatoms. The molecule has 3 atom stereocenters. The van der Waals surface area contributed by atoms with Crippen molar-refractivity contribution in [2.24, 2.45) is 11.8 Å². The number of likely N-dealkylation sites (tertiary alicyclic amines) is 1. The molecule has 1 unspecified atom stereocenters. The maximum absolute atomic E-state index is 13.4. The molecule has 1 amide bonds. The summed E-state index contributed by atoms with van der Waals surface area (Å²) in [7, 11) is 0. The summed E-state index contributed by atoms with van der Waals surface area (Å²) in [5, 5.41) is 13.4. The number of hydrogen-bond donors (Lipinski definition) is 2. The Balaban J connectivity index is 1.37. The molecule has 33 heavy (non-hydrogen) atoms. The quantitative estimate of drug-likeness (QED) is 0.580. The van der Waals surface area contributed by atoms with Gasteiger partial charge in [0, 0.05) is 48.9 Å². The number of hydrogen-bond acceptors (Lipinski definition) is 6. The van der Waals surface area contributed by atoms with Gasteiger partial charge in [0.25, 0.3) is 5.91 Å². The van der Waals surface area contributed by atoms with Crippen molar-refractivity contribution >= 4 is 16.8 Å².